The lowest BCUT2D eigenvalue weighted by Crippen LogP contribution is -2.44. The average molecular weight is 344 g/mol. The zero-order valence-electron chi connectivity index (χ0n) is 14.3. The molecule has 4 heteroatoms. The van der Waals surface area contributed by atoms with Gasteiger partial charge in [0, 0.05) is 35.0 Å². The molecule has 0 bridgehead atoms. The van der Waals surface area contributed by atoms with Crippen LogP contribution in [-0.2, 0) is 14.3 Å². The van der Waals surface area contributed by atoms with Crippen molar-refractivity contribution in [2.75, 3.05) is 5.75 Å². The largest absolute Gasteiger partial charge is 0.462 e. The smallest absolute Gasteiger partial charge is 0.302 e. The van der Waals surface area contributed by atoms with Gasteiger partial charge < -0.3 is 4.74 Å². The van der Waals surface area contributed by atoms with Crippen LogP contribution in [0, 0.1) is 5.41 Å². The Hall–Kier alpha value is -1.55. The summed E-state index contributed by atoms with van der Waals surface area (Å²) in [4.78, 5) is 25.2. The predicted octanol–water partition coefficient (Wildman–Crippen LogP) is 4.56. The van der Waals surface area contributed by atoms with E-state index in [1.807, 2.05) is 18.2 Å². The molecule has 1 fully saturated rings. The van der Waals surface area contributed by atoms with E-state index in [1.165, 1.54) is 17.4 Å². The van der Waals surface area contributed by atoms with Crippen molar-refractivity contribution in [1.29, 1.82) is 0 Å². The Kier molecular flexibility index (Phi) is 5.14. The second-order valence-corrected chi connectivity index (χ2v) is 7.94. The molecular weight excluding hydrogens is 320 g/mol. The summed E-state index contributed by atoms with van der Waals surface area (Å²) in [6.45, 7) is 3.65. The van der Waals surface area contributed by atoms with Crippen LogP contribution in [0.15, 0.2) is 46.4 Å². The van der Waals surface area contributed by atoms with E-state index < -0.39 is 0 Å². The van der Waals surface area contributed by atoms with Gasteiger partial charge in [0.25, 0.3) is 0 Å². The molecule has 0 N–H and O–H groups in total. The van der Waals surface area contributed by atoms with Gasteiger partial charge in [-0.3, -0.25) is 9.59 Å². The van der Waals surface area contributed by atoms with Gasteiger partial charge in [0.05, 0.1) is 0 Å². The van der Waals surface area contributed by atoms with Crippen LogP contribution in [-0.4, -0.2) is 23.6 Å². The summed E-state index contributed by atoms with van der Waals surface area (Å²) in [5.74, 6) is 0.759. The van der Waals surface area contributed by atoms with Gasteiger partial charge >= 0.3 is 5.97 Å². The van der Waals surface area contributed by atoms with E-state index in [4.69, 9.17) is 4.74 Å². The molecule has 0 radical (unpaired) electrons. The van der Waals surface area contributed by atoms with Gasteiger partial charge in [-0.25, -0.2) is 0 Å². The third kappa shape index (κ3) is 3.44. The highest BCUT2D eigenvalue weighted by molar-refractivity contribution is 7.99. The fourth-order valence-electron chi connectivity index (χ4n) is 3.99. The molecule has 0 aliphatic heterocycles. The summed E-state index contributed by atoms with van der Waals surface area (Å²) >= 11 is 1.71. The van der Waals surface area contributed by atoms with Crippen molar-refractivity contribution < 1.29 is 14.3 Å². The fraction of sp³-hybridized carbons (Fsp3) is 0.500. The molecule has 3 nitrogen and oxygen atoms in total. The van der Waals surface area contributed by atoms with E-state index in [-0.39, 0.29) is 23.3 Å². The Labute approximate surface area is 147 Å². The first-order valence-corrected chi connectivity index (χ1v) is 9.60. The number of thioether (sulfide) groups is 1. The fourth-order valence-corrected chi connectivity index (χ4v) is 4.99. The molecule has 2 aliphatic carbocycles. The van der Waals surface area contributed by atoms with Crippen molar-refractivity contribution in [3.8, 4) is 0 Å². The number of rotatable bonds is 4. The van der Waals surface area contributed by atoms with Gasteiger partial charge in [0.1, 0.15) is 6.10 Å². The van der Waals surface area contributed by atoms with Crippen LogP contribution >= 0.6 is 11.8 Å². The number of fused-ring (bicyclic) bond motifs is 1. The normalized spacial score (nSPS) is 26.9. The number of ketones is 1. The number of ether oxygens (including phenoxy) is 1. The number of hydrogen-bond acceptors (Lipinski definition) is 4. The number of carbonyl (C=O) groups is 2. The van der Waals surface area contributed by atoms with Crippen LogP contribution < -0.4 is 0 Å². The summed E-state index contributed by atoms with van der Waals surface area (Å²) in [5.41, 5.74) is 2.03. The highest BCUT2D eigenvalue weighted by Gasteiger charge is 2.46. The molecule has 128 valence electrons. The van der Waals surface area contributed by atoms with Crippen molar-refractivity contribution in [1.82, 2.24) is 0 Å². The van der Waals surface area contributed by atoms with Crippen molar-refractivity contribution >= 4 is 23.5 Å². The molecular formula is C20H24O3S. The minimum atomic E-state index is -0.223. The predicted molar refractivity (Wildman–Crippen MR) is 95.9 cm³/mol. The topological polar surface area (TPSA) is 43.4 Å². The van der Waals surface area contributed by atoms with E-state index in [1.54, 1.807) is 11.8 Å². The molecule has 1 saturated carbocycles. The lowest BCUT2D eigenvalue weighted by Gasteiger charge is -2.46. The summed E-state index contributed by atoms with van der Waals surface area (Å²) in [6, 6.07) is 10.2. The first-order valence-electron chi connectivity index (χ1n) is 8.61. The monoisotopic (exact) mass is 344 g/mol. The number of carbonyl (C=O) groups excluding carboxylic acids is 2. The lowest BCUT2D eigenvalue weighted by molar-refractivity contribution is -0.154. The van der Waals surface area contributed by atoms with E-state index in [2.05, 4.69) is 19.1 Å². The number of esters is 1. The summed E-state index contributed by atoms with van der Waals surface area (Å²) in [6.07, 6.45) is 4.08. The molecule has 0 saturated heterocycles. The van der Waals surface area contributed by atoms with Crippen LogP contribution in [0.2, 0.25) is 0 Å². The first-order chi connectivity index (χ1) is 11.5. The number of benzene rings is 1. The summed E-state index contributed by atoms with van der Waals surface area (Å²) < 4.78 is 5.62. The third-order valence-corrected chi connectivity index (χ3v) is 6.34. The lowest BCUT2D eigenvalue weighted by atomic mass is 9.62. The molecule has 1 aromatic rings. The molecule has 0 aromatic heterocycles. The van der Waals surface area contributed by atoms with Crippen LogP contribution in [0.5, 0.6) is 0 Å². The summed E-state index contributed by atoms with van der Waals surface area (Å²) in [5, 5.41) is 0. The quantitative estimate of drug-likeness (QED) is 0.593. The SMILES string of the molecule is CC(=O)O[C@H]1CCCC2=C(CSc3ccccc3)C(=O)CC[C@@]21C. The Morgan fingerprint density at radius 2 is 2.04 bits per heavy atom. The zero-order chi connectivity index (χ0) is 17.2. The highest BCUT2D eigenvalue weighted by Crippen LogP contribution is 2.50. The van der Waals surface area contributed by atoms with Crippen LogP contribution in [0.4, 0.5) is 0 Å². The molecule has 24 heavy (non-hydrogen) atoms. The minimum Gasteiger partial charge on any atom is -0.462 e. The summed E-state index contributed by atoms with van der Waals surface area (Å²) in [7, 11) is 0. The van der Waals surface area contributed by atoms with Gasteiger partial charge in [0.15, 0.2) is 5.78 Å². The minimum absolute atomic E-state index is 0.0939. The van der Waals surface area contributed by atoms with Gasteiger partial charge in [-0.15, -0.1) is 11.8 Å². The molecule has 0 unspecified atom stereocenters. The van der Waals surface area contributed by atoms with Gasteiger partial charge in [0.2, 0.25) is 0 Å². The Morgan fingerprint density at radius 1 is 1.29 bits per heavy atom. The molecule has 3 rings (SSSR count). The maximum atomic E-state index is 12.6. The zero-order valence-corrected chi connectivity index (χ0v) is 15.2. The molecule has 1 aromatic carbocycles. The molecule has 0 spiro atoms. The average Bonchev–Trinajstić information content (AvgIpc) is 2.56. The van der Waals surface area contributed by atoms with E-state index >= 15 is 0 Å². The molecule has 0 amide bonds. The van der Waals surface area contributed by atoms with Crippen molar-refractivity contribution in [3.63, 3.8) is 0 Å². The van der Waals surface area contributed by atoms with E-state index in [0.717, 1.165) is 31.3 Å². The van der Waals surface area contributed by atoms with Crippen LogP contribution in [0.3, 0.4) is 0 Å². The van der Waals surface area contributed by atoms with E-state index in [0.29, 0.717) is 12.2 Å². The Morgan fingerprint density at radius 3 is 2.75 bits per heavy atom. The van der Waals surface area contributed by atoms with Crippen molar-refractivity contribution in [3.05, 3.63) is 41.5 Å². The van der Waals surface area contributed by atoms with Crippen molar-refractivity contribution in [2.24, 2.45) is 5.41 Å². The van der Waals surface area contributed by atoms with Gasteiger partial charge in [-0.05, 0) is 37.8 Å². The third-order valence-electron chi connectivity index (χ3n) is 5.30. The Balaban J connectivity index is 1.87. The number of Topliss-reactive ketones (excluding diaryl/α,β-unsaturated/α-hetero) is 1. The standard InChI is InChI=1S/C20H24O3S/c1-14(21)23-19-10-6-9-17-16(18(22)11-12-20(17,19)2)13-24-15-7-4-3-5-8-15/h3-5,7-8,19H,6,9-13H2,1-2H3/t19-,20-/m0/s1. The van der Waals surface area contributed by atoms with Crippen LogP contribution in [0.1, 0.15) is 46.0 Å². The van der Waals surface area contributed by atoms with Gasteiger partial charge in [-0.2, -0.15) is 0 Å². The van der Waals surface area contributed by atoms with Gasteiger partial charge in [-0.1, -0.05) is 30.7 Å². The maximum Gasteiger partial charge on any atom is 0.302 e. The molecule has 2 aliphatic rings. The van der Waals surface area contributed by atoms with E-state index in [9.17, 15) is 9.59 Å². The number of hydrogen-bond donors (Lipinski definition) is 0. The maximum absolute atomic E-state index is 12.6. The molecule has 0 heterocycles. The second kappa shape index (κ2) is 7.14. The first kappa shape index (κ1) is 17.3. The van der Waals surface area contributed by atoms with Crippen molar-refractivity contribution in [2.45, 2.75) is 57.0 Å². The van der Waals surface area contributed by atoms with Crippen LogP contribution in [0.25, 0.3) is 0 Å². The molecule has 2 atom stereocenters. The second-order valence-electron chi connectivity index (χ2n) is 6.89. The highest BCUT2D eigenvalue weighted by atomic mass is 32.2. The Bertz CT molecular complexity index is 665.